The number of aryl methyl sites for hydroxylation is 1. The van der Waals surface area contributed by atoms with E-state index in [1.165, 1.54) is 22.2 Å². The van der Waals surface area contributed by atoms with Crippen molar-refractivity contribution in [3.63, 3.8) is 0 Å². The topological polar surface area (TPSA) is 87.2 Å². The third kappa shape index (κ3) is 6.82. The highest BCUT2D eigenvalue weighted by Crippen LogP contribution is 2.47. The standard InChI is InChI=1S/C30H32N2O5S/c1-2-37-27(35)21-31(19-11-14-22-12-5-3-6-13-22)28-29(23-15-7-4-8-16-23)38-25-18-10-9-17-24(25)32(30(28)36)20-26(33)34/h3-10,12-13,15-18,28-29H,2,11,14,19-21H2,1H3,(H,33,34). The van der Waals surface area contributed by atoms with Gasteiger partial charge in [-0.05, 0) is 49.6 Å². The van der Waals surface area contributed by atoms with Gasteiger partial charge in [0.2, 0.25) is 5.91 Å². The van der Waals surface area contributed by atoms with E-state index in [2.05, 4.69) is 12.1 Å². The molecule has 0 bridgehead atoms. The molecule has 1 heterocycles. The molecule has 0 saturated carbocycles. The number of esters is 1. The lowest BCUT2D eigenvalue weighted by Gasteiger charge is -2.36. The van der Waals surface area contributed by atoms with E-state index in [9.17, 15) is 19.5 Å². The molecule has 0 spiro atoms. The molecule has 2 unspecified atom stereocenters. The van der Waals surface area contributed by atoms with E-state index in [1.54, 1.807) is 19.1 Å². The highest BCUT2D eigenvalue weighted by atomic mass is 32.2. The highest BCUT2D eigenvalue weighted by Gasteiger charge is 2.43. The minimum absolute atomic E-state index is 0.0693. The van der Waals surface area contributed by atoms with Crippen LogP contribution in [0, 0.1) is 0 Å². The predicted molar refractivity (Wildman–Crippen MR) is 148 cm³/mol. The van der Waals surface area contributed by atoms with Gasteiger partial charge in [-0.25, -0.2) is 0 Å². The molecule has 8 heteroatoms. The highest BCUT2D eigenvalue weighted by molar-refractivity contribution is 7.99. The average Bonchev–Trinajstić information content (AvgIpc) is 3.04. The van der Waals surface area contributed by atoms with Gasteiger partial charge in [-0.2, -0.15) is 0 Å². The largest absolute Gasteiger partial charge is 0.480 e. The number of anilines is 1. The molecule has 7 nitrogen and oxygen atoms in total. The van der Waals surface area contributed by atoms with Crippen LogP contribution in [0.1, 0.15) is 29.7 Å². The molecule has 0 fully saturated rings. The number of hydrogen-bond donors (Lipinski definition) is 1. The molecule has 3 aromatic carbocycles. The van der Waals surface area contributed by atoms with Crippen LogP contribution in [0.25, 0.3) is 0 Å². The zero-order valence-electron chi connectivity index (χ0n) is 21.4. The molecule has 198 valence electrons. The molecule has 38 heavy (non-hydrogen) atoms. The molecule has 1 aliphatic rings. The summed E-state index contributed by atoms with van der Waals surface area (Å²) < 4.78 is 5.28. The molecule has 0 aromatic heterocycles. The third-order valence-corrected chi connectivity index (χ3v) is 7.80. The summed E-state index contributed by atoms with van der Waals surface area (Å²) in [6, 6.07) is 26.4. The third-order valence-electron chi connectivity index (χ3n) is 6.42. The van der Waals surface area contributed by atoms with Crippen LogP contribution in [0.15, 0.2) is 89.8 Å². The van der Waals surface area contributed by atoms with Crippen molar-refractivity contribution in [2.75, 3.05) is 31.1 Å². The fourth-order valence-corrected chi connectivity index (χ4v) is 6.19. The van der Waals surface area contributed by atoms with Crippen molar-refractivity contribution in [3.8, 4) is 0 Å². The van der Waals surface area contributed by atoms with Crippen LogP contribution < -0.4 is 4.90 Å². The number of thioether (sulfide) groups is 1. The van der Waals surface area contributed by atoms with Crippen molar-refractivity contribution in [3.05, 3.63) is 96.1 Å². The van der Waals surface area contributed by atoms with Gasteiger partial charge in [0, 0.05) is 4.90 Å². The predicted octanol–water partition coefficient (Wildman–Crippen LogP) is 4.82. The maximum Gasteiger partial charge on any atom is 0.323 e. The normalized spacial score (nSPS) is 17.1. The van der Waals surface area contributed by atoms with Crippen LogP contribution in [-0.2, 0) is 25.5 Å². The van der Waals surface area contributed by atoms with E-state index in [0.717, 1.165) is 16.9 Å². The minimum Gasteiger partial charge on any atom is -0.480 e. The Labute approximate surface area is 227 Å². The summed E-state index contributed by atoms with van der Waals surface area (Å²) in [6.07, 6.45) is 1.49. The summed E-state index contributed by atoms with van der Waals surface area (Å²) in [5, 5.41) is 9.34. The molecule has 1 amide bonds. The zero-order chi connectivity index (χ0) is 26.9. The van der Waals surface area contributed by atoms with Crippen molar-refractivity contribution >= 4 is 35.3 Å². The SMILES string of the molecule is CCOC(=O)CN(CCCc1ccccc1)C1C(=O)N(CC(=O)O)c2ccccc2SC1c1ccccc1. The van der Waals surface area contributed by atoms with Crippen LogP contribution in [0.2, 0.25) is 0 Å². The van der Waals surface area contributed by atoms with Crippen LogP contribution in [0.4, 0.5) is 5.69 Å². The molecule has 3 aromatic rings. The molecule has 0 radical (unpaired) electrons. The van der Waals surface area contributed by atoms with Crippen molar-refractivity contribution < 1.29 is 24.2 Å². The summed E-state index contributed by atoms with van der Waals surface area (Å²) in [7, 11) is 0. The maximum absolute atomic E-state index is 14.3. The second-order valence-corrected chi connectivity index (χ2v) is 10.2. The Morgan fingerprint density at radius 1 is 0.974 bits per heavy atom. The van der Waals surface area contributed by atoms with Crippen molar-refractivity contribution in [2.24, 2.45) is 0 Å². The molecular weight excluding hydrogens is 500 g/mol. The first-order chi connectivity index (χ1) is 18.5. The number of fused-ring (bicyclic) bond motifs is 1. The summed E-state index contributed by atoms with van der Waals surface area (Å²) in [4.78, 5) is 42.9. The number of benzene rings is 3. The fourth-order valence-electron chi connectivity index (χ4n) is 4.75. The Balaban J connectivity index is 1.75. The van der Waals surface area contributed by atoms with Gasteiger partial charge in [0.05, 0.1) is 24.1 Å². The van der Waals surface area contributed by atoms with Crippen LogP contribution in [0.5, 0.6) is 0 Å². The van der Waals surface area contributed by atoms with Gasteiger partial charge in [-0.3, -0.25) is 24.2 Å². The number of carboxylic acid groups (broad SMARTS) is 1. The second-order valence-electron chi connectivity index (χ2n) is 9.04. The van der Waals surface area contributed by atoms with Gasteiger partial charge in [-0.1, -0.05) is 72.8 Å². The number of carbonyl (C=O) groups excluding carboxylic acids is 2. The number of carbonyl (C=O) groups is 3. The minimum atomic E-state index is -1.10. The quantitative estimate of drug-likeness (QED) is 0.355. The number of amides is 1. The van der Waals surface area contributed by atoms with E-state index in [0.29, 0.717) is 18.7 Å². The summed E-state index contributed by atoms with van der Waals surface area (Å²) in [5.74, 6) is -1.86. The molecule has 0 aliphatic carbocycles. The zero-order valence-corrected chi connectivity index (χ0v) is 22.2. The first kappa shape index (κ1) is 27.4. The van der Waals surface area contributed by atoms with Crippen LogP contribution in [-0.4, -0.2) is 60.1 Å². The van der Waals surface area contributed by atoms with Crippen molar-refractivity contribution in [2.45, 2.75) is 36.0 Å². The summed E-state index contributed by atoms with van der Waals surface area (Å²) in [5.41, 5.74) is 2.66. The van der Waals surface area contributed by atoms with E-state index >= 15 is 0 Å². The average molecular weight is 533 g/mol. The molecule has 1 aliphatic heterocycles. The van der Waals surface area contributed by atoms with Gasteiger partial charge in [-0.15, -0.1) is 11.8 Å². The Morgan fingerprint density at radius 2 is 1.63 bits per heavy atom. The number of hydrogen-bond acceptors (Lipinski definition) is 6. The van der Waals surface area contributed by atoms with E-state index in [4.69, 9.17) is 4.74 Å². The van der Waals surface area contributed by atoms with Gasteiger partial charge >= 0.3 is 11.9 Å². The number of aliphatic carboxylic acids is 1. The Kier molecular flexibility index (Phi) is 9.56. The van der Waals surface area contributed by atoms with Gasteiger partial charge in [0.1, 0.15) is 12.6 Å². The monoisotopic (exact) mass is 532 g/mol. The van der Waals surface area contributed by atoms with Crippen molar-refractivity contribution in [1.29, 1.82) is 0 Å². The lowest BCUT2D eigenvalue weighted by Crippen LogP contribution is -2.53. The summed E-state index contributed by atoms with van der Waals surface area (Å²) >= 11 is 1.52. The number of rotatable bonds is 11. The number of carboxylic acids is 1. The number of para-hydroxylation sites is 1. The van der Waals surface area contributed by atoms with E-state index in [1.807, 2.05) is 65.6 Å². The second kappa shape index (κ2) is 13.3. The van der Waals surface area contributed by atoms with Gasteiger partial charge in [0.25, 0.3) is 0 Å². The van der Waals surface area contributed by atoms with Crippen molar-refractivity contribution in [1.82, 2.24) is 4.90 Å². The molecular formula is C30H32N2O5S. The molecule has 2 atom stereocenters. The molecule has 1 N–H and O–H groups in total. The molecule has 0 saturated heterocycles. The maximum atomic E-state index is 14.3. The van der Waals surface area contributed by atoms with Crippen LogP contribution in [0.3, 0.4) is 0 Å². The van der Waals surface area contributed by atoms with Crippen LogP contribution >= 0.6 is 11.8 Å². The number of ether oxygens (including phenoxy) is 1. The Morgan fingerprint density at radius 3 is 2.32 bits per heavy atom. The Bertz CT molecular complexity index is 1240. The lowest BCUT2D eigenvalue weighted by atomic mass is 10.0. The number of nitrogens with zero attached hydrogens (tertiary/aromatic N) is 2. The lowest BCUT2D eigenvalue weighted by molar-refractivity contribution is -0.146. The smallest absolute Gasteiger partial charge is 0.323 e. The fraction of sp³-hybridized carbons (Fsp3) is 0.300. The van der Waals surface area contributed by atoms with Gasteiger partial charge in [0.15, 0.2) is 0 Å². The van der Waals surface area contributed by atoms with E-state index < -0.39 is 24.5 Å². The summed E-state index contributed by atoms with van der Waals surface area (Å²) in [6.45, 7) is 1.92. The van der Waals surface area contributed by atoms with E-state index in [-0.39, 0.29) is 24.3 Å². The molecule has 4 rings (SSSR count). The first-order valence-electron chi connectivity index (χ1n) is 12.7. The van der Waals surface area contributed by atoms with Gasteiger partial charge < -0.3 is 9.84 Å². The Hall–Kier alpha value is -3.62. The first-order valence-corrected chi connectivity index (χ1v) is 13.6.